The first-order valence-corrected chi connectivity index (χ1v) is 5.52. The molecule has 0 saturated heterocycles. The second-order valence-corrected chi connectivity index (χ2v) is 3.97. The lowest BCUT2D eigenvalue weighted by Gasteiger charge is -2.11. The molecule has 0 heterocycles. The molecule has 1 unspecified atom stereocenters. The van der Waals surface area contributed by atoms with Crippen LogP contribution in [0, 0.1) is 17.2 Å². The molecule has 0 aromatic heterocycles. The summed E-state index contributed by atoms with van der Waals surface area (Å²) in [6.07, 6.45) is -0.210. The molecule has 0 aliphatic heterocycles. The Balaban J connectivity index is 2.55. The van der Waals surface area contributed by atoms with Crippen LogP contribution in [0.15, 0.2) is 30.3 Å². The Labute approximate surface area is 101 Å². The van der Waals surface area contributed by atoms with E-state index in [9.17, 15) is 4.79 Å². The summed E-state index contributed by atoms with van der Waals surface area (Å²) in [7, 11) is 0. The molecule has 17 heavy (non-hydrogen) atoms. The van der Waals surface area contributed by atoms with Crippen molar-refractivity contribution in [1.29, 1.82) is 5.26 Å². The number of aliphatic hydroxyl groups excluding tert-OH is 1. The number of nitrogens with one attached hydrogen (secondary N) is 1. The molecule has 0 aliphatic carbocycles. The lowest BCUT2D eigenvalue weighted by molar-refractivity contribution is -0.123. The van der Waals surface area contributed by atoms with Crippen LogP contribution in [0.4, 0.5) is 0 Å². The molecule has 0 radical (unpaired) electrons. The summed E-state index contributed by atoms with van der Waals surface area (Å²) < 4.78 is 0. The Morgan fingerprint density at radius 2 is 2.12 bits per heavy atom. The van der Waals surface area contributed by atoms with Crippen molar-refractivity contribution in [2.75, 3.05) is 6.54 Å². The Kier molecular flexibility index (Phi) is 5.18. The van der Waals surface area contributed by atoms with Crippen LogP contribution in [0.3, 0.4) is 0 Å². The van der Waals surface area contributed by atoms with Crippen molar-refractivity contribution in [3.8, 4) is 6.07 Å². The third-order valence-corrected chi connectivity index (χ3v) is 2.33. The molecule has 0 spiro atoms. The number of benzene rings is 1. The lowest BCUT2D eigenvalue weighted by atomic mass is 10.00. The molecule has 2 N–H and O–H groups in total. The van der Waals surface area contributed by atoms with Gasteiger partial charge in [0.05, 0.1) is 12.2 Å². The lowest BCUT2D eigenvalue weighted by Crippen LogP contribution is -2.35. The summed E-state index contributed by atoms with van der Waals surface area (Å²) in [5, 5.41) is 20.5. The summed E-state index contributed by atoms with van der Waals surface area (Å²) in [5.74, 6) is -1.05. The van der Waals surface area contributed by atoms with Gasteiger partial charge in [-0.05, 0) is 18.9 Å². The number of nitrogens with zero attached hydrogens (tertiary/aromatic N) is 1. The minimum absolute atomic E-state index is 0.172. The second kappa shape index (κ2) is 6.66. The van der Waals surface area contributed by atoms with Gasteiger partial charge in [0.1, 0.15) is 5.92 Å². The van der Waals surface area contributed by atoms with Gasteiger partial charge < -0.3 is 10.4 Å². The van der Waals surface area contributed by atoms with Crippen molar-refractivity contribution in [3.05, 3.63) is 35.9 Å². The number of rotatable bonds is 5. The summed E-state index contributed by atoms with van der Waals surface area (Å²) in [4.78, 5) is 11.6. The van der Waals surface area contributed by atoms with Gasteiger partial charge in [0.25, 0.3) is 0 Å². The highest BCUT2D eigenvalue weighted by Gasteiger charge is 2.18. The normalized spacial score (nSPS) is 13.5. The Morgan fingerprint density at radius 1 is 1.47 bits per heavy atom. The highest BCUT2D eigenvalue weighted by atomic mass is 16.3. The fraction of sp³-hybridized carbons (Fsp3) is 0.385. The van der Waals surface area contributed by atoms with E-state index in [4.69, 9.17) is 10.4 Å². The molecule has 0 aliphatic rings. The minimum atomic E-state index is -0.712. The van der Waals surface area contributed by atoms with Gasteiger partial charge in [-0.25, -0.2) is 0 Å². The van der Waals surface area contributed by atoms with Gasteiger partial charge >= 0.3 is 0 Å². The number of amides is 1. The number of aliphatic hydroxyl groups is 1. The molecule has 4 nitrogen and oxygen atoms in total. The van der Waals surface area contributed by atoms with Crippen LogP contribution in [0.5, 0.6) is 0 Å². The molecule has 1 aromatic carbocycles. The van der Waals surface area contributed by atoms with E-state index in [1.807, 2.05) is 36.4 Å². The predicted molar refractivity (Wildman–Crippen MR) is 63.9 cm³/mol. The first-order chi connectivity index (χ1) is 8.13. The van der Waals surface area contributed by atoms with Crippen LogP contribution in [0.25, 0.3) is 0 Å². The van der Waals surface area contributed by atoms with Gasteiger partial charge in [0.15, 0.2) is 0 Å². The predicted octanol–water partition coefficient (Wildman–Crippen LogP) is 0.866. The second-order valence-electron chi connectivity index (χ2n) is 3.97. The van der Waals surface area contributed by atoms with Crippen molar-refractivity contribution in [2.24, 2.45) is 5.92 Å². The zero-order valence-corrected chi connectivity index (χ0v) is 9.76. The van der Waals surface area contributed by atoms with E-state index < -0.39 is 12.0 Å². The van der Waals surface area contributed by atoms with Crippen LogP contribution in [0.2, 0.25) is 0 Å². The molecule has 2 atom stereocenters. The first-order valence-electron chi connectivity index (χ1n) is 5.52. The zero-order valence-electron chi connectivity index (χ0n) is 9.76. The van der Waals surface area contributed by atoms with Crippen molar-refractivity contribution in [2.45, 2.75) is 19.4 Å². The van der Waals surface area contributed by atoms with Crippen LogP contribution in [0.1, 0.15) is 12.5 Å². The fourth-order valence-electron chi connectivity index (χ4n) is 1.42. The van der Waals surface area contributed by atoms with Crippen molar-refractivity contribution < 1.29 is 9.90 Å². The van der Waals surface area contributed by atoms with Gasteiger partial charge in [0.2, 0.25) is 5.91 Å². The van der Waals surface area contributed by atoms with Gasteiger partial charge in [-0.3, -0.25) is 4.79 Å². The smallest absolute Gasteiger partial charge is 0.237 e. The minimum Gasteiger partial charge on any atom is -0.392 e. The van der Waals surface area contributed by atoms with Gasteiger partial charge in [-0.15, -0.1) is 0 Å². The van der Waals surface area contributed by atoms with Crippen LogP contribution >= 0.6 is 0 Å². The molecular weight excluding hydrogens is 216 g/mol. The van der Waals surface area contributed by atoms with Gasteiger partial charge in [-0.2, -0.15) is 5.26 Å². The van der Waals surface area contributed by atoms with Crippen molar-refractivity contribution in [1.82, 2.24) is 5.32 Å². The molecule has 1 aromatic rings. The molecule has 1 rings (SSSR count). The topological polar surface area (TPSA) is 73.1 Å². The standard InChI is InChI=1S/C13H16N2O2/c1-10(16)9-15-13(17)12(8-14)7-11-5-3-2-4-6-11/h2-6,10,12,16H,7,9H2,1H3,(H,15,17)/t10-,12?/m0/s1. The van der Waals surface area contributed by atoms with E-state index in [1.165, 1.54) is 0 Å². The number of nitriles is 1. The van der Waals surface area contributed by atoms with Crippen molar-refractivity contribution in [3.63, 3.8) is 0 Å². The number of hydrogen-bond acceptors (Lipinski definition) is 3. The van der Waals surface area contributed by atoms with Crippen molar-refractivity contribution >= 4 is 5.91 Å². The van der Waals surface area contributed by atoms with Crippen LogP contribution in [-0.4, -0.2) is 23.7 Å². The molecule has 0 fully saturated rings. The maximum Gasteiger partial charge on any atom is 0.237 e. The van der Waals surface area contributed by atoms with E-state index >= 15 is 0 Å². The molecule has 4 heteroatoms. The zero-order chi connectivity index (χ0) is 12.7. The van der Waals surface area contributed by atoms with Gasteiger partial charge in [0, 0.05) is 6.54 Å². The quantitative estimate of drug-likeness (QED) is 0.791. The maximum atomic E-state index is 11.6. The Bertz CT molecular complexity index is 396. The van der Waals surface area contributed by atoms with Crippen LogP contribution in [-0.2, 0) is 11.2 Å². The van der Waals surface area contributed by atoms with E-state index in [1.54, 1.807) is 6.92 Å². The van der Waals surface area contributed by atoms with E-state index in [2.05, 4.69) is 5.32 Å². The highest BCUT2D eigenvalue weighted by molar-refractivity contribution is 5.81. The molecule has 1 amide bonds. The summed E-state index contributed by atoms with van der Waals surface area (Å²) >= 11 is 0. The number of hydrogen-bond donors (Lipinski definition) is 2. The molecule has 90 valence electrons. The largest absolute Gasteiger partial charge is 0.392 e. The third-order valence-electron chi connectivity index (χ3n) is 2.33. The SMILES string of the molecule is C[C@H](O)CNC(=O)C(C#N)Cc1ccccc1. The number of carbonyl (C=O) groups excluding carboxylic acids is 1. The summed E-state index contributed by atoms with van der Waals surface area (Å²) in [6.45, 7) is 1.75. The summed E-state index contributed by atoms with van der Waals surface area (Å²) in [5.41, 5.74) is 0.950. The Hall–Kier alpha value is -1.86. The highest BCUT2D eigenvalue weighted by Crippen LogP contribution is 2.08. The summed E-state index contributed by atoms with van der Waals surface area (Å²) in [6, 6.07) is 11.4. The van der Waals surface area contributed by atoms with E-state index in [-0.39, 0.29) is 12.5 Å². The average molecular weight is 232 g/mol. The third kappa shape index (κ3) is 4.66. The van der Waals surface area contributed by atoms with Gasteiger partial charge in [-0.1, -0.05) is 30.3 Å². The molecule has 0 saturated carbocycles. The van der Waals surface area contributed by atoms with Crippen LogP contribution < -0.4 is 5.32 Å². The Morgan fingerprint density at radius 3 is 2.65 bits per heavy atom. The molecule has 0 bridgehead atoms. The average Bonchev–Trinajstić information content (AvgIpc) is 2.34. The molecular formula is C13H16N2O2. The maximum absolute atomic E-state index is 11.6. The fourth-order valence-corrected chi connectivity index (χ4v) is 1.42. The monoisotopic (exact) mass is 232 g/mol. The number of carbonyl (C=O) groups is 1. The van der Waals surface area contributed by atoms with E-state index in [0.717, 1.165) is 5.56 Å². The first kappa shape index (κ1) is 13.2. The van der Waals surface area contributed by atoms with E-state index in [0.29, 0.717) is 6.42 Å².